The lowest BCUT2D eigenvalue weighted by atomic mass is 10.0. The van der Waals surface area contributed by atoms with Gasteiger partial charge in [-0.05, 0) is 36.9 Å². The summed E-state index contributed by atoms with van der Waals surface area (Å²) in [4.78, 5) is 29.6. The summed E-state index contributed by atoms with van der Waals surface area (Å²) in [7, 11) is 2.02. The Kier molecular flexibility index (Phi) is 5.63. The average Bonchev–Trinajstić information content (AvgIpc) is 2.67. The van der Waals surface area contributed by atoms with Gasteiger partial charge >= 0.3 is 0 Å². The number of amides is 2. The molecule has 136 valence electrons. The van der Waals surface area contributed by atoms with Crippen LogP contribution in [0.4, 0.5) is 4.39 Å². The van der Waals surface area contributed by atoms with Gasteiger partial charge in [-0.2, -0.15) is 0 Å². The predicted molar refractivity (Wildman–Crippen MR) is 97.1 cm³/mol. The molecule has 3 rings (SSSR count). The van der Waals surface area contributed by atoms with E-state index in [9.17, 15) is 14.0 Å². The number of halogens is 1. The van der Waals surface area contributed by atoms with Crippen LogP contribution >= 0.6 is 0 Å². The van der Waals surface area contributed by atoms with Crippen molar-refractivity contribution in [2.24, 2.45) is 0 Å². The summed E-state index contributed by atoms with van der Waals surface area (Å²) in [6.45, 7) is 2.87. The van der Waals surface area contributed by atoms with Gasteiger partial charge in [0.2, 0.25) is 5.91 Å². The van der Waals surface area contributed by atoms with Crippen LogP contribution in [0.1, 0.15) is 22.0 Å². The van der Waals surface area contributed by atoms with Gasteiger partial charge < -0.3 is 15.1 Å². The van der Waals surface area contributed by atoms with E-state index in [4.69, 9.17) is 0 Å². The lowest BCUT2D eigenvalue weighted by Crippen LogP contribution is -2.51. The summed E-state index contributed by atoms with van der Waals surface area (Å²) in [5.74, 6) is -0.934. The van der Waals surface area contributed by atoms with Gasteiger partial charge in [0.25, 0.3) is 5.91 Å². The van der Waals surface area contributed by atoms with Crippen LogP contribution in [0.25, 0.3) is 0 Å². The second-order valence-electron chi connectivity index (χ2n) is 6.45. The van der Waals surface area contributed by atoms with Crippen molar-refractivity contribution in [3.05, 3.63) is 71.5 Å². The van der Waals surface area contributed by atoms with Crippen molar-refractivity contribution < 1.29 is 14.0 Å². The molecular formula is C20H22FN3O2. The summed E-state index contributed by atoms with van der Waals surface area (Å²) in [5.41, 5.74) is 1.05. The first-order valence-corrected chi connectivity index (χ1v) is 8.63. The second-order valence-corrected chi connectivity index (χ2v) is 6.45. The van der Waals surface area contributed by atoms with Crippen molar-refractivity contribution >= 4 is 11.8 Å². The van der Waals surface area contributed by atoms with E-state index in [1.807, 2.05) is 37.4 Å². The fourth-order valence-electron chi connectivity index (χ4n) is 2.96. The third kappa shape index (κ3) is 4.26. The van der Waals surface area contributed by atoms with Gasteiger partial charge in [0.05, 0.1) is 0 Å². The van der Waals surface area contributed by atoms with E-state index in [0.717, 1.165) is 18.7 Å². The van der Waals surface area contributed by atoms with Crippen LogP contribution in [0.5, 0.6) is 0 Å². The van der Waals surface area contributed by atoms with E-state index in [0.29, 0.717) is 18.7 Å². The summed E-state index contributed by atoms with van der Waals surface area (Å²) >= 11 is 0. The normalized spacial score (nSPS) is 16.2. The van der Waals surface area contributed by atoms with Gasteiger partial charge in [-0.3, -0.25) is 9.59 Å². The SMILES string of the molecule is CN1CCN(C(=O)[C@@H](NC(=O)c2ccc(F)cc2)c2ccccc2)CC1. The number of rotatable bonds is 4. The van der Waals surface area contributed by atoms with Crippen LogP contribution in [0.15, 0.2) is 54.6 Å². The van der Waals surface area contributed by atoms with Crippen LogP contribution < -0.4 is 5.32 Å². The van der Waals surface area contributed by atoms with E-state index in [2.05, 4.69) is 10.2 Å². The smallest absolute Gasteiger partial charge is 0.252 e. The third-order valence-corrected chi connectivity index (χ3v) is 4.58. The van der Waals surface area contributed by atoms with Crippen molar-refractivity contribution in [1.29, 1.82) is 0 Å². The summed E-state index contributed by atoms with van der Waals surface area (Å²) in [5, 5.41) is 2.81. The maximum Gasteiger partial charge on any atom is 0.252 e. The molecule has 1 aliphatic heterocycles. The van der Waals surface area contributed by atoms with Crippen LogP contribution in [-0.2, 0) is 4.79 Å². The van der Waals surface area contributed by atoms with Crippen molar-refractivity contribution in [2.75, 3.05) is 33.2 Å². The molecule has 1 atom stereocenters. The van der Waals surface area contributed by atoms with Gasteiger partial charge in [-0.1, -0.05) is 30.3 Å². The Balaban J connectivity index is 1.80. The highest BCUT2D eigenvalue weighted by Gasteiger charge is 2.29. The predicted octanol–water partition coefficient (Wildman–Crippen LogP) is 2.07. The largest absolute Gasteiger partial charge is 0.338 e. The number of hydrogen-bond acceptors (Lipinski definition) is 3. The first-order valence-electron chi connectivity index (χ1n) is 8.63. The minimum Gasteiger partial charge on any atom is -0.338 e. The van der Waals surface area contributed by atoms with Crippen molar-refractivity contribution in [1.82, 2.24) is 15.1 Å². The van der Waals surface area contributed by atoms with Gasteiger partial charge in [-0.15, -0.1) is 0 Å². The zero-order chi connectivity index (χ0) is 18.5. The number of hydrogen-bond donors (Lipinski definition) is 1. The fraction of sp³-hybridized carbons (Fsp3) is 0.300. The molecule has 2 amide bonds. The Morgan fingerprint density at radius 3 is 2.19 bits per heavy atom. The third-order valence-electron chi connectivity index (χ3n) is 4.58. The van der Waals surface area contributed by atoms with Gasteiger partial charge in [-0.25, -0.2) is 4.39 Å². The lowest BCUT2D eigenvalue weighted by Gasteiger charge is -2.35. The first-order chi connectivity index (χ1) is 12.5. The molecule has 26 heavy (non-hydrogen) atoms. The molecule has 0 unspecified atom stereocenters. The lowest BCUT2D eigenvalue weighted by molar-refractivity contribution is -0.135. The minimum atomic E-state index is -0.767. The zero-order valence-electron chi connectivity index (χ0n) is 14.7. The fourth-order valence-corrected chi connectivity index (χ4v) is 2.96. The molecule has 1 N–H and O–H groups in total. The number of likely N-dealkylation sites (N-methyl/N-ethyl adjacent to an activating group) is 1. The number of benzene rings is 2. The van der Waals surface area contributed by atoms with E-state index in [-0.39, 0.29) is 5.91 Å². The molecule has 5 nitrogen and oxygen atoms in total. The highest BCUT2D eigenvalue weighted by molar-refractivity contribution is 5.97. The van der Waals surface area contributed by atoms with Crippen molar-refractivity contribution in [3.8, 4) is 0 Å². The van der Waals surface area contributed by atoms with E-state index in [1.165, 1.54) is 24.3 Å². The van der Waals surface area contributed by atoms with Gasteiger partial charge in [0.1, 0.15) is 11.9 Å². The quantitative estimate of drug-likeness (QED) is 0.914. The van der Waals surface area contributed by atoms with Gasteiger partial charge in [0, 0.05) is 31.7 Å². The Morgan fingerprint density at radius 2 is 1.58 bits per heavy atom. The minimum absolute atomic E-state index is 0.125. The summed E-state index contributed by atoms with van der Waals surface area (Å²) in [6.07, 6.45) is 0. The standard InChI is InChI=1S/C20H22FN3O2/c1-23-11-13-24(14-12-23)20(26)18(15-5-3-2-4-6-15)22-19(25)16-7-9-17(21)10-8-16/h2-10,18H,11-14H2,1H3,(H,22,25)/t18-/m0/s1. The maximum atomic E-state index is 13.1. The molecule has 0 spiro atoms. The van der Waals surface area contributed by atoms with Crippen LogP contribution in [-0.4, -0.2) is 54.8 Å². The maximum absolute atomic E-state index is 13.1. The number of carbonyl (C=O) groups is 2. The van der Waals surface area contributed by atoms with E-state index in [1.54, 1.807) is 4.90 Å². The van der Waals surface area contributed by atoms with Crippen LogP contribution in [0, 0.1) is 5.82 Å². The van der Waals surface area contributed by atoms with Crippen molar-refractivity contribution in [2.45, 2.75) is 6.04 Å². The molecule has 1 aliphatic rings. The second kappa shape index (κ2) is 8.10. The molecular weight excluding hydrogens is 333 g/mol. The Hall–Kier alpha value is -2.73. The van der Waals surface area contributed by atoms with E-state index >= 15 is 0 Å². The summed E-state index contributed by atoms with van der Waals surface area (Å²) < 4.78 is 13.1. The molecule has 0 aromatic heterocycles. The number of nitrogens with zero attached hydrogens (tertiary/aromatic N) is 2. The highest BCUT2D eigenvalue weighted by atomic mass is 19.1. The monoisotopic (exact) mass is 355 g/mol. The number of piperazine rings is 1. The average molecular weight is 355 g/mol. The number of carbonyl (C=O) groups excluding carboxylic acids is 2. The molecule has 1 saturated heterocycles. The topological polar surface area (TPSA) is 52.6 Å². The molecule has 6 heteroatoms. The Morgan fingerprint density at radius 1 is 0.962 bits per heavy atom. The van der Waals surface area contributed by atoms with Crippen LogP contribution in [0.3, 0.4) is 0 Å². The molecule has 2 aromatic rings. The molecule has 1 heterocycles. The Bertz CT molecular complexity index is 756. The molecule has 1 fully saturated rings. The molecule has 2 aromatic carbocycles. The van der Waals surface area contributed by atoms with Gasteiger partial charge in [0.15, 0.2) is 0 Å². The van der Waals surface area contributed by atoms with Crippen molar-refractivity contribution in [3.63, 3.8) is 0 Å². The number of nitrogens with one attached hydrogen (secondary N) is 1. The Labute approximate surface area is 152 Å². The van der Waals surface area contributed by atoms with Crippen LogP contribution in [0.2, 0.25) is 0 Å². The molecule has 0 bridgehead atoms. The van der Waals surface area contributed by atoms with E-state index < -0.39 is 17.8 Å². The molecule has 0 radical (unpaired) electrons. The summed E-state index contributed by atoms with van der Waals surface area (Å²) in [6, 6.07) is 13.7. The highest BCUT2D eigenvalue weighted by Crippen LogP contribution is 2.18. The zero-order valence-corrected chi connectivity index (χ0v) is 14.7. The molecule has 0 saturated carbocycles. The molecule has 0 aliphatic carbocycles. The first kappa shape index (κ1) is 18.1.